The fraction of sp³-hybridized carbons (Fsp3) is 0.636. The number of hydrogen-bond donors (Lipinski definition) is 1. The van der Waals surface area contributed by atoms with E-state index in [0.717, 1.165) is 6.42 Å². The lowest BCUT2D eigenvalue weighted by Crippen LogP contribution is -2.36. The van der Waals surface area contributed by atoms with Crippen LogP contribution in [0.3, 0.4) is 0 Å². The number of amides is 1. The van der Waals surface area contributed by atoms with E-state index in [-0.39, 0.29) is 23.5 Å². The SMILES string of the molecule is CCCn1nccc1C(=O)NC1CCS(=O)(=O)C1. The van der Waals surface area contributed by atoms with Crippen LogP contribution < -0.4 is 5.32 Å². The van der Waals surface area contributed by atoms with Gasteiger partial charge in [-0.3, -0.25) is 9.48 Å². The fourth-order valence-corrected chi connectivity index (χ4v) is 3.76. The highest BCUT2D eigenvalue weighted by molar-refractivity contribution is 7.91. The average Bonchev–Trinajstić information content (AvgIpc) is 2.86. The summed E-state index contributed by atoms with van der Waals surface area (Å²) in [7, 11) is -2.97. The van der Waals surface area contributed by atoms with Gasteiger partial charge in [-0.1, -0.05) is 6.92 Å². The largest absolute Gasteiger partial charge is 0.347 e. The van der Waals surface area contributed by atoms with Crippen LogP contribution in [0.2, 0.25) is 0 Å². The van der Waals surface area contributed by atoms with Gasteiger partial charge >= 0.3 is 0 Å². The van der Waals surface area contributed by atoms with Gasteiger partial charge in [-0.25, -0.2) is 8.42 Å². The van der Waals surface area contributed by atoms with Gasteiger partial charge in [0, 0.05) is 18.8 Å². The van der Waals surface area contributed by atoms with Crippen molar-refractivity contribution >= 4 is 15.7 Å². The quantitative estimate of drug-likeness (QED) is 0.849. The minimum atomic E-state index is -2.97. The van der Waals surface area contributed by atoms with E-state index in [1.54, 1.807) is 16.9 Å². The molecule has 0 bridgehead atoms. The van der Waals surface area contributed by atoms with E-state index in [1.165, 1.54) is 0 Å². The zero-order valence-corrected chi connectivity index (χ0v) is 11.1. The van der Waals surface area contributed by atoms with Crippen molar-refractivity contribution < 1.29 is 13.2 Å². The number of rotatable bonds is 4. The van der Waals surface area contributed by atoms with E-state index < -0.39 is 9.84 Å². The van der Waals surface area contributed by atoms with Crippen molar-refractivity contribution in [3.63, 3.8) is 0 Å². The first-order valence-electron chi connectivity index (χ1n) is 6.05. The highest BCUT2D eigenvalue weighted by Gasteiger charge is 2.29. The molecule has 18 heavy (non-hydrogen) atoms. The lowest BCUT2D eigenvalue weighted by molar-refractivity contribution is 0.0930. The maximum absolute atomic E-state index is 12.0. The van der Waals surface area contributed by atoms with Crippen LogP contribution in [-0.2, 0) is 16.4 Å². The zero-order valence-electron chi connectivity index (χ0n) is 10.3. The molecule has 1 aliphatic heterocycles. The maximum atomic E-state index is 12.0. The van der Waals surface area contributed by atoms with E-state index in [4.69, 9.17) is 0 Å². The Hall–Kier alpha value is -1.37. The topological polar surface area (TPSA) is 81.1 Å². The van der Waals surface area contributed by atoms with Gasteiger partial charge in [-0.2, -0.15) is 5.10 Å². The first-order chi connectivity index (χ1) is 8.52. The van der Waals surface area contributed by atoms with Crippen LogP contribution in [0.5, 0.6) is 0 Å². The normalized spacial score (nSPS) is 21.9. The van der Waals surface area contributed by atoms with Gasteiger partial charge in [0.05, 0.1) is 11.5 Å². The molecule has 6 nitrogen and oxygen atoms in total. The van der Waals surface area contributed by atoms with Crippen LogP contribution in [0.1, 0.15) is 30.3 Å². The molecule has 1 atom stereocenters. The van der Waals surface area contributed by atoms with Gasteiger partial charge in [-0.15, -0.1) is 0 Å². The van der Waals surface area contributed by atoms with Crippen LogP contribution in [-0.4, -0.2) is 41.7 Å². The third kappa shape index (κ3) is 2.90. The Morgan fingerprint density at radius 1 is 1.61 bits per heavy atom. The third-order valence-corrected chi connectivity index (χ3v) is 4.72. The second kappa shape index (κ2) is 5.09. The van der Waals surface area contributed by atoms with Crippen molar-refractivity contribution in [1.82, 2.24) is 15.1 Å². The first-order valence-corrected chi connectivity index (χ1v) is 7.87. The van der Waals surface area contributed by atoms with E-state index in [1.807, 2.05) is 6.92 Å². The van der Waals surface area contributed by atoms with Crippen LogP contribution in [0.25, 0.3) is 0 Å². The molecule has 2 heterocycles. The summed E-state index contributed by atoms with van der Waals surface area (Å²) < 4.78 is 24.3. The van der Waals surface area contributed by atoms with Crippen molar-refractivity contribution in [2.75, 3.05) is 11.5 Å². The summed E-state index contributed by atoms with van der Waals surface area (Å²) in [5, 5.41) is 6.82. The van der Waals surface area contributed by atoms with Gasteiger partial charge in [0.1, 0.15) is 5.69 Å². The molecule has 1 aliphatic rings. The second-order valence-corrected chi connectivity index (χ2v) is 6.74. The van der Waals surface area contributed by atoms with Crippen LogP contribution >= 0.6 is 0 Å². The van der Waals surface area contributed by atoms with Crippen molar-refractivity contribution in [2.45, 2.75) is 32.4 Å². The predicted molar refractivity (Wildman–Crippen MR) is 67.0 cm³/mol. The molecule has 7 heteroatoms. The minimum absolute atomic E-state index is 0.0423. The molecule has 1 saturated heterocycles. The maximum Gasteiger partial charge on any atom is 0.269 e. The first kappa shape index (κ1) is 13.1. The van der Waals surface area contributed by atoms with E-state index in [9.17, 15) is 13.2 Å². The zero-order chi connectivity index (χ0) is 13.2. The molecule has 0 saturated carbocycles. The van der Waals surface area contributed by atoms with E-state index >= 15 is 0 Å². The lowest BCUT2D eigenvalue weighted by atomic mass is 10.2. The molecule has 1 amide bonds. The van der Waals surface area contributed by atoms with Crippen LogP contribution in [0, 0.1) is 0 Å². The molecule has 100 valence electrons. The van der Waals surface area contributed by atoms with Gasteiger partial charge in [-0.05, 0) is 18.9 Å². The molecule has 0 aliphatic carbocycles. The highest BCUT2D eigenvalue weighted by atomic mass is 32.2. The monoisotopic (exact) mass is 271 g/mol. The smallest absolute Gasteiger partial charge is 0.269 e. The van der Waals surface area contributed by atoms with Crippen molar-refractivity contribution in [2.24, 2.45) is 0 Å². The molecule has 0 radical (unpaired) electrons. The number of aromatic nitrogens is 2. The summed E-state index contributed by atoms with van der Waals surface area (Å²) in [5.74, 6) is -0.0460. The Morgan fingerprint density at radius 3 is 3.00 bits per heavy atom. The van der Waals surface area contributed by atoms with Crippen molar-refractivity contribution in [1.29, 1.82) is 0 Å². The van der Waals surface area contributed by atoms with Crippen LogP contribution in [0.4, 0.5) is 0 Å². The number of nitrogens with one attached hydrogen (secondary N) is 1. The van der Waals surface area contributed by atoms with Gasteiger partial charge in [0.2, 0.25) is 0 Å². The summed E-state index contributed by atoms with van der Waals surface area (Å²) in [6.07, 6.45) is 2.96. The van der Waals surface area contributed by atoms with Crippen molar-refractivity contribution in [3.8, 4) is 0 Å². The summed E-state index contributed by atoms with van der Waals surface area (Å²) in [6.45, 7) is 2.69. The molecule has 1 N–H and O–H groups in total. The predicted octanol–water partition coefficient (Wildman–Crippen LogP) is 0.210. The van der Waals surface area contributed by atoms with E-state index in [0.29, 0.717) is 18.7 Å². The van der Waals surface area contributed by atoms with E-state index in [2.05, 4.69) is 10.4 Å². The second-order valence-electron chi connectivity index (χ2n) is 4.51. The Bertz CT molecular complexity index is 535. The van der Waals surface area contributed by atoms with Crippen LogP contribution in [0.15, 0.2) is 12.3 Å². The standard InChI is InChI=1S/C11H17N3O3S/c1-2-6-14-10(3-5-12-14)11(15)13-9-4-7-18(16,17)8-9/h3,5,9H,2,4,6-8H2,1H3,(H,13,15). The number of carbonyl (C=O) groups excluding carboxylic acids is 1. The number of sulfone groups is 1. The Balaban J connectivity index is 2.02. The third-order valence-electron chi connectivity index (χ3n) is 2.95. The molecular weight excluding hydrogens is 254 g/mol. The Kier molecular flexibility index (Phi) is 3.70. The molecular formula is C11H17N3O3S. The molecule has 2 rings (SSSR count). The number of carbonyl (C=O) groups is 1. The molecule has 1 aromatic rings. The Morgan fingerprint density at radius 2 is 2.39 bits per heavy atom. The summed E-state index contributed by atoms with van der Waals surface area (Å²) in [6, 6.07) is 1.38. The molecule has 0 aromatic carbocycles. The minimum Gasteiger partial charge on any atom is -0.347 e. The molecule has 1 aromatic heterocycles. The summed E-state index contributed by atoms with van der Waals surface area (Å²) in [4.78, 5) is 12.0. The summed E-state index contributed by atoms with van der Waals surface area (Å²) in [5.41, 5.74) is 0.487. The number of aryl methyl sites for hydroxylation is 1. The molecule has 0 spiro atoms. The average molecular weight is 271 g/mol. The lowest BCUT2D eigenvalue weighted by Gasteiger charge is -2.11. The van der Waals surface area contributed by atoms with Gasteiger partial charge in [0.15, 0.2) is 9.84 Å². The van der Waals surface area contributed by atoms with Crippen molar-refractivity contribution in [3.05, 3.63) is 18.0 Å². The Labute approximate surface area is 106 Å². The highest BCUT2D eigenvalue weighted by Crippen LogP contribution is 2.12. The van der Waals surface area contributed by atoms with Gasteiger partial charge in [0.25, 0.3) is 5.91 Å². The van der Waals surface area contributed by atoms with Gasteiger partial charge < -0.3 is 5.32 Å². The number of hydrogen-bond acceptors (Lipinski definition) is 4. The molecule has 1 fully saturated rings. The number of nitrogens with zero attached hydrogens (tertiary/aromatic N) is 2. The fourth-order valence-electron chi connectivity index (χ4n) is 2.08. The summed E-state index contributed by atoms with van der Waals surface area (Å²) >= 11 is 0. The molecule has 1 unspecified atom stereocenters.